The molecule has 2 aromatic heterocycles. The maximum atomic E-state index is 13.7. The fourth-order valence-electron chi connectivity index (χ4n) is 5.12. The van der Waals surface area contributed by atoms with E-state index in [2.05, 4.69) is 43.4 Å². The largest absolute Gasteiger partial charge is 0.494 e. The molecule has 2 N–H and O–H groups in total. The van der Waals surface area contributed by atoms with Gasteiger partial charge in [-0.3, -0.25) is 4.79 Å². The van der Waals surface area contributed by atoms with Crippen molar-refractivity contribution in [3.05, 3.63) is 101 Å². The number of carbonyl (C=O) groups is 1. The number of carboxylic acid groups (broad SMARTS) is 1. The lowest BCUT2D eigenvalue weighted by molar-refractivity contribution is -0.137. The molecule has 0 aliphatic rings. The molecule has 0 atom stereocenters. The van der Waals surface area contributed by atoms with Crippen molar-refractivity contribution >= 4 is 29.0 Å². The number of para-hydroxylation sites is 1. The molecule has 11 heteroatoms. The predicted molar refractivity (Wildman–Crippen MR) is 162 cm³/mol. The van der Waals surface area contributed by atoms with E-state index in [1.807, 2.05) is 43.3 Å². The summed E-state index contributed by atoms with van der Waals surface area (Å²) in [5.74, 6) is -1.49. The van der Waals surface area contributed by atoms with Crippen LogP contribution >= 0.6 is 0 Å². The number of halogens is 2. The molecule has 0 amide bonds. The average molecular weight is 602 g/mol. The van der Waals surface area contributed by atoms with Crippen molar-refractivity contribution in [2.75, 3.05) is 13.2 Å². The van der Waals surface area contributed by atoms with Gasteiger partial charge in [-0.25, -0.2) is 4.39 Å². The number of aryl methyl sites for hydroxylation is 1. The van der Waals surface area contributed by atoms with Crippen molar-refractivity contribution < 1.29 is 28.2 Å². The zero-order valence-corrected chi connectivity index (χ0v) is 24.3. The second-order valence-corrected chi connectivity index (χ2v) is 10.3. The van der Waals surface area contributed by atoms with Crippen molar-refractivity contribution in [2.24, 2.45) is 0 Å². The number of hydrogen-bond acceptors (Lipinski definition) is 6. The van der Waals surface area contributed by atoms with E-state index in [-0.39, 0.29) is 18.8 Å². The smallest absolute Gasteiger partial charge is 0.303 e. The van der Waals surface area contributed by atoms with Crippen molar-refractivity contribution in [3.63, 3.8) is 0 Å². The average Bonchev–Trinajstić information content (AvgIpc) is 3.63. The van der Waals surface area contributed by atoms with E-state index in [1.165, 1.54) is 12.1 Å². The fraction of sp³-hybridized carbons (Fsp3) is 0.273. The van der Waals surface area contributed by atoms with Gasteiger partial charge in [-0.05, 0) is 73.6 Å². The molecule has 0 saturated heterocycles. The molecule has 0 aliphatic heterocycles. The molecule has 0 fully saturated rings. The third-order valence-electron chi connectivity index (χ3n) is 7.33. The first-order valence-electron chi connectivity index (χ1n) is 14.4. The van der Waals surface area contributed by atoms with Crippen molar-refractivity contribution in [2.45, 2.75) is 45.6 Å². The summed E-state index contributed by atoms with van der Waals surface area (Å²) >= 11 is 0. The maximum Gasteiger partial charge on any atom is 0.303 e. The number of unbranched alkanes of at least 4 members (excludes halogenated alkanes) is 1. The number of rotatable bonds is 15. The number of nitrogens with zero attached hydrogens (tertiary/aromatic N) is 4. The zero-order valence-electron chi connectivity index (χ0n) is 24.3. The van der Waals surface area contributed by atoms with Crippen LogP contribution in [0.1, 0.15) is 53.9 Å². The van der Waals surface area contributed by atoms with E-state index in [9.17, 15) is 13.6 Å². The van der Waals surface area contributed by atoms with Gasteiger partial charge in [0.2, 0.25) is 5.82 Å². The maximum absolute atomic E-state index is 13.7. The minimum atomic E-state index is -0.972. The number of fused-ring (bicyclic) bond motifs is 1. The Bertz CT molecular complexity index is 1730. The molecule has 0 spiro atoms. The van der Waals surface area contributed by atoms with E-state index in [1.54, 1.807) is 0 Å². The highest BCUT2D eigenvalue weighted by Crippen LogP contribution is 2.31. The minimum absolute atomic E-state index is 0.0858. The number of aromatic nitrogens is 5. The summed E-state index contributed by atoms with van der Waals surface area (Å²) in [6.45, 7) is 3.21. The van der Waals surface area contributed by atoms with Crippen LogP contribution in [0.2, 0.25) is 0 Å². The molecule has 3 aromatic carbocycles. The molecular formula is C33H33F2N5O4. The number of hydrogen-bond donors (Lipinski definition) is 2. The first kappa shape index (κ1) is 30.4. The summed E-state index contributed by atoms with van der Waals surface area (Å²) in [7, 11) is 0. The molecule has 228 valence electrons. The number of aliphatic carboxylic acids is 1. The molecule has 0 saturated carbocycles. The first-order chi connectivity index (χ1) is 21.4. The molecule has 5 aromatic rings. The molecule has 9 nitrogen and oxygen atoms in total. The highest BCUT2D eigenvalue weighted by atomic mass is 19.2. The van der Waals surface area contributed by atoms with E-state index in [0.717, 1.165) is 45.1 Å². The van der Waals surface area contributed by atoms with E-state index in [4.69, 9.17) is 14.6 Å². The van der Waals surface area contributed by atoms with Gasteiger partial charge in [0.15, 0.2) is 17.4 Å². The number of benzene rings is 3. The summed E-state index contributed by atoms with van der Waals surface area (Å²) in [4.78, 5) is 11.1. The minimum Gasteiger partial charge on any atom is -0.494 e. The molecule has 5 rings (SSSR count). The fourth-order valence-corrected chi connectivity index (χ4v) is 5.12. The third-order valence-corrected chi connectivity index (χ3v) is 7.33. The topological polar surface area (TPSA) is 115 Å². The van der Waals surface area contributed by atoms with Crippen LogP contribution in [0.5, 0.6) is 11.5 Å². The molecule has 2 heterocycles. The van der Waals surface area contributed by atoms with Gasteiger partial charge in [-0.1, -0.05) is 53.8 Å². The van der Waals surface area contributed by atoms with Gasteiger partial charge in [0, 0.05) is 17.5 Å². The van der Waals surface area contributed by atoms with E-state index < -0.39 is 17.6 Å². The predicted octanol–water partition coefficient (Wildman–Crippen LogP) is 6.61. The van der Waals surface area contributed by atoms with Gasteiger partial charge >= 0.3 is 5.97 Å². The van der Waals surface area contributed by atoms with Gasteiger partial charge in [0.1, 0.15) is 5.75 Å². The lowest BCUT2D eigenvalue weighted by Crippen LogP contribution is -2.05. The Balaban J connectivity index is 1.22. The summed E-state index contributed by atoms with van der Waals surface area (Å²) < 4.78 is 40.3. The highest BCUT2D eigenvalue weighted by Gasteiger charge is 2.18. The standard InChI is InChI=1S/C33H33F2N5O4/c1-22-26(8-5-12-31(41)42)27-9-4-7-24(33(27)40(22)21-30-36-38-39-37-30)16-13-23-14-17-25(18-15-23)43-19-2-3-20-44-29-11-6-10-28(34)32(29)35/h4,6-7,9-11,13-18H,2-3,5,8,12,19-21H2,1H3,(H,41,42)(H,36,37,38,39). The number of tetrazole rings is 1. The molecule has 0 radical (unpaired) electrons. The number of nitrogens with one attached hydrogen (secondary N) is 1. The quantitative estimate of drug-likeness (QED) is 0.103. The molecule has 0 aliphatic carbocycles. The SMILES string of the molecule is Cc1c(CCCC(=O)O)c2cccc(C=Cc3ccc(OCCCCOc4cccc(F)c4F)cc3)c2n1Cc1nn[nH]n1. The lowest BCUT2D eigenvalue weighted by atomic mass is 10.0. The molecule has 0 unspecified atom stereocenters. The van der Waals surface area contributed by atoms with Gasteiger partial charge in [-0.2, -0.15) is 9.60 Å². The van der Waals surface area contributed by atoms with Crippen LogP contribution in [0.25, 0.3) is 23.1 Å². The Morgan fingerprint density at radius 3 is 2.50 bits per heavy atom. The van der Waals surface area contributed by atoms with Crippen LogP contribution < -0.4 is 9.47 Å². The van der Waals surface area contributed by atoms with Crippen LogP contribution in [-0.2, 0) is 17.8 Å². The molecular weight excluding hydrogens is 568 g/mol. The summed E-state index contributed by atoms with van der Waals surface area (Å²) in [6, 6.07) is 17.8. The normalized spacial score (nSPS) is 11.4. The van der Waals surface area contributed by atoms with Gasteiger partial charge < -0.3 is 19.1 Å². The second kappa shape index (κ2) is 14.4. The van der Waals surface area contributed by atoms with Crippen molar-refractivity contribution in [1.82, 2.24) is 25.2 Å². The van der Waals surface area contributed by atoms with Crippen LogP contribution in [-0.4, -0.2) is 49.5 Å². The Morgan fingerprint density at radius 2 is 1.75 bits per heavy atom. The number of ether oxygens (including phenoxy) is 2. The number of aromatic amines is 1. The van der Waals surface area contributed by atoms with Crippen LogP contribution in [0.15, 0.2) is 60.7 Å². The van der Waals surface area contributed by atoms with Crippen molar-refractivity contribution in [3.8, 4) is 11.5 Å². The van der Waals surface area contributed by atoms with E-state index >= 15 is 0 Å². The Labute approximate surface area is 253 Å². The van der Waals surface area contributed by atoms with Crippen LogP contribution in [0.3, 0.4) is 0 Å². The van der Waals surface area contributed by atoms with Gasteiger partial charge in [0.25, 0.3) is 0 Å². The zero-order chi connectivity index (χ0) is 30.9. The van der Waals surface area contributed by atoms with E-state index in [0.29, 0.717) is 44.7 Å². The number of H-pyrrole nitrogens is 1. The van der Waals surface area contributed by atoms with Crippen LogP contribution in [0.4, 0.5) is 8.78 Å². The first-order valence-corrected chi connectivity index (χ1v) is 14.4. The van der Waals surface area contributed by atoms with Gasteiger partial charge in [0.05, 0.1) is 25.3 Å². The van der Waals surface area contributed by atoms with Crippen LogP contribution in [0, 0.1) is 18.6 Å². The molecule has 0 bridgehead atoms. The Kier molecular flexibility index (Phi) is 9.96. The second-order valence-electron chi connectivity index (χ2n) is 10.3. The summed E-state index contributed by atoms with van der Waals surface area (Å²) in [5, 5.41) is 24.7. The summed E-state index contributed by atoms with van der Waals surface area (Å²) in [5.41, 5.74) is 5.20. The van der Waals surface area contributed by atoms with Crippen molar-refractivity contribution in [1.29, 1.82) is 0 Å². The monoisotopic (exact) mass is 601 g/mol. The third kappa shape index (κ3) is 7.47. The molecule has 44 heavy (non-hydrogen) atoms. The van der Waals surface area contributed by atoms with Gasteiger partial charge in [-0.15, -0.1) is 10.2 Å². The summed E-state index contributed by atoms with van der Waals surface area (Å²) in [6.07, 6.45) is 6.75. The lowest BCUT2D eigenvalue weighted by Gasteiger charge is -2.09. The highest BCUT2D eigenvalue weighted by molar-refractivity contribution is 5.94. The Hall–Kier alpha value is -5.06. The number of carboxylic acids is 1. The Morgan fingerprint density at radius 1 is 0.977 bits per heavy atom.